The molecular weight excluding hydrogens is 418 g/mol. The van der Waals surface area contributed by atoms with E-state index in [9.17, 15) is 18.0 Å². The highest BCUT2D eigenvalue weighted by atomic mass is 32.2. The first-order valence-corrected chi connectivity index (χ1v) is 11.6. The maximum absolute atomic E-state index is 13.3. The Labute approximate surface area is 181 Å². The van der Waals surface area contributed by atoms with Crippen molar-refractivity contribution in [1.82, 2.24) is 14.3 Å². The van der Waals surface area contributed by atoms with Gasteiger partial charge in [-0.25, -0.2) is 17.9 Å². The second-order valence-corrected chi connectivity index (χ2v) is 9.46. The van der Waals surface area contributed by atoms with Crippen LogP contribution in [-0.2, 0) is 30.4 Å². The molecule has 2 heterocycles. The van der Waals surface area contributed by atoms with Crippen molar-refractivity contribution < 1.29 is 22.7 Å². The average molecular weight is 444 g/mol. The summed E-state index contributed by atoms with van der Waals surface area (Å²) in [5.74, 6) is -0.954. The lowest BCUT2D eigenvalue weighted by molar-refractivity contribution is 0.0717. The first-order chi connectivity index (χ1) is 14.5. The van der Waals surface area contributed by atoms with Gasteiger partial charge in [0.25, 0.3) is 0 Å². The lowest BCUT2D eigenvalue weighted by Gasteiger charge is -2.14. The van der Waals surface area contributed by atoms with Gasteiger partial charge in [-0.1, -0.05) is 6.92 Å². The average Bonchev–Trinajstić information content (AvgIpc) is 3.22. The summed E-state index contributed by atoms with van der Waals surface area (Å²) in [4.78, 5) is 26.2. The van der Waals surface area contributed by atoms with Crippen molar-refractivity contribution in [3.8, 4) is 5.88 Å². The number of carbonyl (C=O) groups excluding carboxylic acids is 2. The molecule has 164 valence electrons. The van der Waals surface area contributed by atoms with Gasteiger partial charge < -0.3 is 9.30 Å². The van der Waals surface area contributed by atoms with E-state index in [-0.39, 0.29) is 16.3 Å². The summed E-state index contributed by atoms with van der Waals surface area (Å²) < 4.78 is 32.9. The van der Waals surface area contributed by atoms with Crippen LogP contribution in [0.5, 0.6) is 5.88 Å². The minimum atomic E-state index is -3.43. The standard InChI is InChI=1S/C22H25N3O5S/c1-7-15-13(2)16(8-9-19(15)31(6,28)29)20(26)18-12-23-25(5)21(18)30-22(27)17-10-11-24(4)14(17)3/h8-12H,7H2,1-6H3. The van der Waals surface area contributed by atoms with Crippen molar-refractivity contribution in [3.63, 3.8) is 0 Å². The molecular formula is C22H25N3O5S. The molecule has 2 aromatic heterocycles. The molecule has 0 atom stereocenters. The molecule has 3 aromatic rings. The summed E-state index contributed by atoms with van der Waals surface area (Å²) in [7, 11) is -0.0304. The second-order valence-electron chi connectivity index (χ2n) is 7.47. The minimum Gasteiger partial charge on any atom is -0.403 e. The van der Waals surface area contributed by atoms with Crippen LogP contribution >= 0.6 is 0 Å². The molecule has 0 saturated carbocycles. The number of rotatable bonds is 6. The third kappa shape index (κ3) is 4.05. The quantitative estimate of drug-likeness (QED) is 0.429. The Morgan fingerprint density at radius 2 is 1.74 bits per heavy atom. The number of hydrogen-bond acceptors (Lipinski definition) is 6. The van der Waals surface area contributed by atoms with Gasteiger partial charge in [0.1, 0.15) is 5.56 Å². The van der Waals surface area contributed by atoms with Crippen molar-refractivity contribution in [2.75, 3.05) is 6.26 Å². The summed E-state index contributed by atoms with van der Waals surface area (Å²) in [6.45, 7) is 5.35. The number of aryl methyl sites for hydroxylation is 2. The SMILES string of the molecule is CCc1c(S(C)(=O)=O)ccc(C(=O)c2cnn(C)c2OC(=O)c2ccn(C)c2C)c1C. The highest BCUT2D eigenvalue weighted by molar-refractivity contribution is 7.90. The Balaban J connectivity index is 2.03. The van der Waals surface area contributed by atoms with Crippen LogP contribution in [0.25, 0.3) is 0 Å². The highest BCUT2D eigenvalue weighted by Gasteiger charge is 2.26. The molecule has 0 unspecified atom stereocenters. The van der Waals surface area contributed by atoms with Crippen molar-refractivity contribution in [1.29, 1.82) is 0 Å². The third-order valence-corrected chi connectivity index (χ3v) is 6.66. The summed E-state index contributed by atoms with van der Waals surface area (Å²) >= 11 is 0. The van der Waals surface area contributed by atoms with Crippen molar-refractivity contribution in [2.45, 2.75) is 32.1 Å². The number of ketones is 1. The predicted molar refractivity (Wildman–Crippen MR) is 115 cm³/mol. The zero-order chi connectivity index (χ0) is 23.1. The number of hydrogen-bond donors (Lipinski definition) is 0. The molecule has 0 N–H and O–H groups in total. The van der Waals surface area contributed by atoms with E-state index in [1.807, 2.05) is 14.0 Å². The first-order valence-electron chi connectivity index (χ1n) is 9.70. The lowest BCUT2D eigenvalue weighted by Crippen LogP contribution is -2.15. The second kappa shape index (κ2) is 8.14. The Morgan fingerprint density at radius 1 is 1.06 bits per heavy atom. The van der Waals surface area contributed by atoms with E-state index >= 15 is 0 Å². The maximum atomic E-state index is 13.3. The van der Waals surface area contributed by atoms with Gasteiger partial charge in [-0.2, -0.15) is 5.10 Å². The number of benzene rings is 1. The van der Waals surface area contributed by atoms with E-state index in [2.05, 4.69) is 5.10 Å². The molecule has 0 radical (unpaired) electrons. The van der Waals surface area contributed by atoms with Gasteiger partial charge in [-0.05, 0) is 49.6 Å². The molecule has 3 rings (SSSR count). The number of sulfone groups is 1. The van der Waals surface area contributed by atoms with Gasteiger partial charge in [0.2, 0.25) is 5.88 Å². The summed E-state index contributed by atoms with van der Waals surface area (Å²) in [6.07, 6.45) is 4.70. The van der Waals surface area contributed by atoms with Crippen LogP contribution in [-0.4, -0.2) is 40.8 Å². The normalized spacial score (nSPS) is 11.5. The Kier molecular flexibility index (Phi) is 5.91. The molecule has 0 aliphatic heterocycles. The van der Waals surface area contributed by atoms with Crippen molar-refractivity contribution >= 4 is 21.6 Å². The smallest absolute Gasteiger partial charge is 0.346 e. The Bertz CT molecular complexity index is 1300. The Morgan fingerprint density at radius 3 is 2.29 bits per heavy atom. The van der Waals surface area contributed by atoms with E-state index < -0.39 is 21.6 Å². The van der Waals surface area contributed by atoms with Crippen molar-refractivity contribution in [2.24, 2.45) is 14.1 Å². The van der Waals surface area contributed by atoms with Crippen LogP contribution in [0.1, 0.15) is 50.0 Å². The van der Waals surface area contributed by atoms with Crippen molar-refractivity contribution in [3.05, 3.63) is 64.1 Å². The van der Waals surface area contributed by atoms with Gasteiger partial charge in [0.05, 0.1) is 16.7 Å². The molecule has 0 aliphatic carbocycles. The molecule has 0 amide bonds. The van der Waals surface area contributed by atoms with Gasteiger partial charge >= 0.3 is 5.97 Å². The number of esters is 1. The fourth-order valence-corrected chi connectivity index (χ4v) is 4.64. The van der Waals surface area contributed by atoms with Crippen LogP contribution in [0.3, 0.4) is 0 Å². The largest absolute Gasteiger partial charge is 0.403 e. The van der Waals surface area contributed by atoms with Gasteiger partial charge in [0, 0.05) is 37.8 Å². The summed E-state index contributed by atoms with van der Waals surface area (Å²) in [6, 6.07) is 4.59. The zero-order valence-corrected chi connectivity index (χ0v) is 19.2. The van der Waals surface area contributed by atoms with E-state index in [0.29, 0.717) is 28.7 Å². The first kappa shape index (κ1) is 22.5. The van der Waals surface area contributed by atoms with Gasteiger partial charge in [0.15, 0.2) is 15.6 Å². The fraction of sp³-hybridized carbons (Fsp3) is 0.318. The number of carbonyl (C=O) groups is 2. The van der Waals surface area contributed by atoms with Crippen LogP contribution < -0.4 is 4.74 Å². The van der Waals surface area contributed by atoms with Crippen LogP contribution in [0.4, 0.5) is 0 Å². The topological polar surface area (TPSA) is 100 Å². The number of ether oxygens (including phenoxy) is 1. The Hall–Kier alpha value is -3.20. The summed E-state index contributed by atoms with van der Waals surface area (Å²) in [5.41, 5.74) is 2.77. The molecule has 8 nitrogen and oxygen atoms in total. The molecule has 0 saturated heterocycles. The van der Waals surface area contributed by atoms with Gasteiger partial charge in [-0.15, -0.1) is 0 Å². The molecule has 0 aliphatic rings. The number of aromatic nitrogens is 3. The van der Waals surface area contributed by atoms with E-state index in [1.54, 1.807) is 37.7 Å². The molecule has 0 spiro atoms. The molecule has 9 heteroatoms. The fourth-order valence-electron chi connectivity index (χ4n) is 3.58. The zero-order valence-electron chi connectivity index (χ0n) is 18.4. The monoisotopic (exact) mass is 443 g/mol. The molecule has 0 fully saturated rings. The van der Waals surface area contributed by atoms with Crippen LogP contribution in [0.15, 0.2) is 35.5 Å². The number of nitrogens with zero attached hydrogens (tertiary/aromatic N) is 3. The molecule has 31 heavy (non-hydrogen) atoms. The maximum Gasteiger partial charge on any atom is 0.346 e. The molecule has 0 bridgehead atoms. The van der Waals surface area contributed by atoms with E-state index in [0.717, 1.165) is 11.9 Å². The minimum absolute atomic E-state index is 0.0305. The highest BCUT2D eigenvalue weighted by Crippen LogP contribution is 2.28. The van der Waals surface area contributed by atoms with Crippen LogP contribution in [0.2, 0.25) is 0 Å². The third-order valence-electron chi connectivity index (χ3n) is 5.48. The molecule has 1 aromatic carbocycles. The van der Waals surface area contributed by atoms with Crippen LogP contribution in [0, 0.1) is 13.8 Å². The lowest BCUT2D eigenvalue weighted by atomic mass is 9.95. The predicted octanol–water partition coefficient (Wildman–Crippen LogP) is 2.79. The van der Waals surface area contributed by atoms with Gasteiger partial charge in [-0.3, -0.25) is 4.79 Å². The van der Waals surface area contributed by atoms with E-state index in [1.165, 1.54) is 23.0 Å². The van der Waals surface area contributed by atoms with E-state index in [4.69, 9.17) is 4.74 Å². The summed E-state index contributed by atoms with van der Waals surface area (Å²) in [5, 5.41) is 4.08.